The lowest BCUT2D eigenvalue weighted by Gasteiger charge is -2.37. The van der Waals surface area contributed by atoms with Crippen LogP contribution in [0.15, 0.2) is 18.2 Å². The quantitative estimate of drug-likeness (QED) is 0.761. The van der Waals surface area contributed by atoms with Crippen LogP contribution >= 0.6 is 0 Å². The van der Waals surface area contributed by atoms with E-state index in [2.05, 4.69) is 39.0 Å². The third-order valence-electron chi connectivity index (χ3n) is 3.93. The Morgan fingerprint density at radius 2 is 2.06 bits per heavy atom. The van der Waals surface area contributed by atoms with Crippen molar-refractivity contribution in [3.8, 4) is 0 Å². The van der Waals surface area contributed by atoms with Gasteiger partial charge in [0.1, 0.15) is 0 Å². The van der Waals surface area contributed by atoms with Crippen molar-refractivity contribution < 1.29 is 5.11 Å². The Labute approximate surface area is 98.5 Å². The summed E-state index contributed by atoms with van der Waals surface area (Å²) < 4.78 is 0. The first-order valence-corrected chi connectivity index (χ1v) is 6.25. The molecule has 2 rings (SSSR count). The van der Waals surface area contributed by atoms with E-state index in [1.807, 2.05) is 6.92 Å². The second-order valence-corrected chi connectivity index (χ2v) is 5.75. The van der Waals surface area contributed by atoms with Crippen LogP contribution in [0, 0.1) is 12.8 Å². The lowest BCUT2D eigenvalue weighted by molar-refractivity contribution is 0.0319. The molecule has 1 aliphatic carbocycles. The molecule has 1 heteroatoms. The van der Waals surface area contributed by atoms with E-state index in [-0.39, 0.29) is 0 Å². The van der Waals surface area contributed by atoms with Gasteiger partial charge >= 0.3 is 0 Å². The predicted molar refractivity (Wildman–Crippen MR) is 67.6 cm³/mol. The molecule has 1 N–H and O–H groups in total. The Bertz CT molecular complexity index is 390. The largest absolute Gasteiger partial charge is 0.385 e. The minimum atomic E-state index is -0.631. The highest BCUT2D eigenvalue weighted by molar-refractivity contribution is 5.40. The van der Waals surface area contributed by atoms with Gasteiger partial charge in [-0.3, -0.25) is 0 Å². The van der Waals surface area contributed by atoms with Crippen LogP contribution in [-0.2, 0) is 5.60 Å². The molecule has 0 radical (unpaired) electrons. The Morgan fingerprint density at radius 1 is 1.38 bits per heavy atom. The number of hydrogen-bond donors (Lipinski definition) is 1. The predicted octanol–water partition coefficient (Wildman–Crippen LogP) is 3.74. The van der Waals surface area contributed by atoms with E-state index in [4.69, 9.17) is 0 Å². The van der Waals surface area contributed by atoms with Crippen molar-refractivity contribution >= 4 is 0 Å². The van der Waals surface area contributed by atoms with Gasteiger partial charge < -0.3 is 5.11 Å². The molecular weight excluding hydrogens is 196 g/mol. The highest BCUT2D eigenvalue weighted by Gasteiger charge is 2.35. The van der Waals surface area contributed by atoms with E-state index in [1.54, 1.807) is 0 Å². The molecule has 0 spiro atoms. The molecule has 0 saturated carbocycles. The van der Waals surface area contributed by atoms with Crippen LogP contribution in [0.1, 0.15) is 56.2 Å². The average Bonchev–Trinajstić information content (AvgIpc) is 2.16. The van der Waals surface area contributed by atoms with E-state index in [0.29, 0.717) is 11.8 Å². The molecule has 1 aromatic rings. The number of benzene rings is 1. The van der Waals surface area contributed by atoms with E-state index >= 15 is 0 Å². The fourth-order valence-corrected chi connectivity index (χ4v) is 2.90. The summed E-state index contributed by atoms with van der Waals surface area (Å²) in [6.07, 6.45) is 1.98. The van der Waals surface area contributed by atoms with Gasteiger partial charge in [0.15, 0.2) is 0 Å². The van der Waals surface area contributed by atoms with Gasteiger partial charge in [-0.05, 0) is 49.7 Å². The summed E-state index contributed by atoms with van der Waals surface area (Å²) in [4.78, 5) is 0. The molecule has 0 aliphatic heterocycles. The number of rotatable bonds is 1. The highest BCUT2D eigenvalue weighted by atomic mass is 16.3. The second-order valence-electron chi connectivity index (χ2n) is 5.75. The molecule has 0 amide bonds. The van der Waals surface area contributed by atoms with E-state index in [1.165, 1.54) is 11.1 Å². The Balaban J connectivity index is 2.54. The summed E-state index contributed by atoms with van der Waals surface area (Å²) in [6, 6.07) is 6.48. The van der Waals surface area contributed by atoms with Crippen LogP contribution in [0.2, 0.25) is 0 Å². The standard InChI is InChI=1S/C15H22O/c1-10(2)12-7-8-15(4,16)14-6-5-11(3)9-13(12)14/h5-6,9-10,12,16H,7-8H2,1-4H3/t12-,15-/m1/s1. The van der Waals surface area contributed by atoms with Crippen molar-refractivity contribution in [2.45, 2.75) is 52.1 Å². The summed E-state index contributed by atoms with van der Waals surface area (Å²) in [5.41, 5.74) is 3.17. The molecule has 0 saturated heterocycles. The molecule has 88 valence electrons. The van der Waals surface area contributed by atoms with E-state index < -0.39 is 5.60 Å². The fourth-order valence-electron chi connectivity index (χ4n) is 2.90. The molecule has 1 nitrogen and oxygen atoms in total. The summed E-state index contributed by atoms with van der Waals surface area (Å²) in [5.74, 6) is 1.26. The van der Waals surface area contributed by atoms with Crippen molar-refractivity contribution in [2.24, 2.45) is 5.92 Å². The zero-order chi connectivity index (χ0) is 11.9. The zero-order valence-corrected chi connectivity index (χ0v) is 10.7. The normalized spacial score (nSPS) is 29.2. The molecule has 2 atom stereocenters. The van der Waals surface area contributed by atoms with Gasteiger partial charge in [-0.25, -0.2) is 0 Å². The van der Waals surface area contributed by atoms with Crippen LogP contribution in [0.4, 0.5) is 0 Å². The van der Waals surface area contributed by atoms with Crippen LogP contribution < -0.4 is 0 Å². The first-order valence-electron chi connectivity index (χ1n) is 6.25. The second kappa shape index (κ2) is 3.89. The summed E-state index contributed by atoms with van der Waals surface area (Å²) >= 11 is 0. The minimum absolute atomic E-state index is 0.607. The van der Waals surface area contributed by atoms with Gasteiger partial charge in [0, 0.05) is 0 Å². The summed E-state index contributed by atoms with van der Waals surface area (Å²) in [5, 5.41) is 10.4. The lowest BCUT2D eigenvalue weighted by atomic mass is 9.71. The van der Waals surface area contributed by atoms with Crippen molar-refractivity contribution in [2.75, 3.05) is 0 Å². The lowest BCUT2D eigenvalue weighted by Crippen LogP contribution is -2.30. The number of fused-ring (bicyclic) bond motifs is 1. The number of aryl methyl sites for hydroxylation is 1. The molecule has 16 heavy (non-hydrogen) atoms. The van der Waals surface area contributed by atoms with Gasteiger partial charge in [-0.1, -0.05) is 37.6 Å². The van der Waals surface area contributed by atoms with Crippen molar-refractivity contribution in [3.63, 3.8) is 0 Å². The molecule has 0 heterocycles. The maximum Gasteiger partial charge on any atom is 0.0871 e. The third-order valence-corrected chi connectivity index (χ3v) is 3.93. The first-order chi connectivity index (χ1) is 7.42. The summed E-state index contributed by atoms with van der Waals surface area (Å²) in [7, 11) is 0. The monoisotopic (exact) mass is 218 g/mol. The van der Waals surface area contributed by atoms with Crippen molar-refractivity contribution in [1.82, 2.24) is 0 Å². The third kappa shape index (κ3) is 1.89. The molecule has 0 fully saturated rings. The van der Waals surface area contributed by atoms with Crippen LogP contribution in [-0.4, -0.2) is 5.11 Å². The van der Waals surface area contributed by atoms with E-state index in [0.717, 1.165) is 18.4 Å². The van der Waals surface area contributed by atoms with Crippen LogP contribution in [0.25, 0.3) is 0 Å². The van der Waals surface area contributed by atoms with Crippen molar-refractivity contribution in [1.29, 1.82) is 0 Å². The molecule has 0 aromatic heterocycles. The maximum atomic E-state index is 10.4. The summed E-state index contributed by atoms with van der Waals surface area (Å²) in [6.45, 7) is 8.62. The van der Waals surface area contributed by atoms with Gasteiger partial charge in [-0.15, -0.1) is 0 Å². The molecule has 0 unspecified atom stereocenters. The topological polar surface area (TPSA) is 20.2 Å². The molecule has 1 aliphatic rings. The van der Waals surface area contributed by atoms with Gasteiger partial charge in [0.25, 0.3) is 0 Å². The van der Waals surface area contributed by atoms with E-state index in [9.17, 15) is 5.11 Å². The maximum absolute atomic E-state index is 10.4. The van der Waals surface area contributed by atoms with Gasteiger partial charge in [-0.2, -0.15) is 0 Å². The number of aliphatic hydroxyl groups is 1. The highest BCUT2D eigenvalue weighted by Crippen LogP contribution is 2.44. The van der Waals surface area contributed by atoms with Gasteiger partial charge in [0.2, 0.25) is 0 Å². The average molecular weight is 218 g/mol. The molecular formula is C15H22O. The minimum Gasteiger partial charge on any atom is -0.385 e. The Morgan fingerprint density at radius 3 is 2.69 bits per heavy atom. The fraction of sp³-hybridized carbons (Fsp3) is 0.600. The van der Waals surface area contributed by atoms with Crippen LogP contribution in [0.5, 0.6) is 0 Å². The first kappa shape index (κ1) is 11.7. The Kier molecular flexibility index (Phi) is 2.83. The van der Waals surface area contributed by atoms with Gasteiger partial charge in [0.05, 0.1) is 5.60 Å². The van der Waals surface area contributed by atoms with Crippen molar-refractivity contribution in [3.05, 3.63) is 34.9 Å². The molecule has 0 bridgehead atoms. The Hall–Kier alpha value is -0.820. The number of hydrogen-bond acceptors (Lipinski definition) is 1. The van der Waals surface area contributed by atoms with Crippen LogP contribution in [0.3, 0.4) is 0 Å². The molecule has 1 aromatic carbocycles. The smallest absolute Gasteiger partial charge is 0.0871 e. The SMILES string of the molecule is Cc1ccc2c(c1)[C@@H](C(C)C)CC[C@@]2(C)O. The zero-order valence-electron chi connectivity index (χ0n) is 10.7.